The monoisotopic (exact) mass is 657 g/mol. The van der Waals surface area contributed by atoms with Gasteiger partial charge < -0.3 is 10.2 Å². The Hall–Kier alpha value is -3.28. The van der Waals surface area contributed by atoms with Crippen LogP contribution in [0.5, 0.6) is 0 Å². The lowest BCUT2D eigenvalue weighted by Gasteiger charge is -2.33. The van der Waals surface area contributed by atoms with E-state index in [1.165, 1.54) is 4.90 Å². The summed E-state index contributed by atoms with van der Waals surface area (Å²) in [6, 6.07) is 16.7. The summed E-state index contributed by atoms with van der Waals surface area (Å²) in [5.41, 5.74) is -0.304. The smallest absolute Gasteiger partial charge is 0.354 e. The molecule has 0 aliphatic rings. The van der Waals surface area contributed by atoms with Gasteiger partial charge in [0.05, 0.1) is 22.5 Å². The lowest BCUT2D eigenvalue weighted by atomic mass is 10.0. The molecule has 0 saturated carbocycles. The van der Waals surface area contributed by atoms with E-state index in [0.717, 1.165) is 30.4 Å². The van der Waals surface area contributed by atoms with Crippen LogP contribution >= 0.6 is 23.2 Å². The fourth-order valence-electron chi connectivity index (χ4n) is 4.32. The van der Waals surface area contributed by atoms with E-state index in [-0.39, 0.29) is 18.0 Å². The Labute approximate surface area is 259 Å². The van der Waals surface area contributed by atoms with E-state index in [2.05, 4.69) is 5.32 Å². The van der Waals surface area contributed by atoms with E-state index in [4.69, 9.17) is 23.2 Å². The van der Waals surface area contributed by atoms with Gasteiger partial charge in [0, 0.05) is 24.5 Å². The normalized spacial score (nSPS) is 12.4. The Balaban J connectivity index is 2.09. The Kier molecular flexibility index (Phi) is 11.9. The van der Waals surface area contributed by atoms with Crippen LogP contribution in [0.25, 0.3) is 0 Å². The van der Waals surface area contributed by atoms with E-state index in [9.17, 15) is 31.2 Å². The van der Waals surface area contributed by atoms with Crippen molar-refractivity contribution in [2.75, 3.05) is 23.7 Å². The van der Waals surface area contributed by atoms with Crippen LogP contribution in [-0.4, -0.2) is 50.5 Å². The van der Waals surface area contributed by atoms with Crippen molar-refractivity contribution in [3.05, 3.63) is 99.5 Å². The molecule has 0 fully saturated rings. The number of unbranched alkanes of at least 4 members (excludes halogenated alkanes) is 1. The minimum atomic E-state index is -4.79. The third-order valence-corrected chi connectivity index (χ3v) is 8.29. The number of sulfonamides is 1. The number of amides is 2. The average molecular weight is 659 g/mol. The van der Waals surface area contributed by atoms with Gasteiger partial charge in [0.2, 0.25) is 21.8 Å². The summed E-state index contributed by atoms with van der Waals surface area (Å²) in [5.74, 6) is -1.27. The number of rotatable bonds is 13. The number of anilines is 1. The first-order valence-electron chi connectivity index (χ1n) is 13.4. The maximum Gasteiger partial charge on any atom is 0.416 e. The molecule has 1 unspecified atom stereocenters. The van der Waals surface area contributed by atoms with Gasteiger partial charge in [-0.2, -0.15) is 13.2 Å². The van der Waals surface area contributed by atoms with E-state index in [1.807, 2.05) is 6.92 Å². The van der Waals surface area contributed by atoms with Crippen LogP contribution in [0.15, 0.2) is 72.8 Å². The van der Waals surface area contributed by atoms with Crippen LogP contribution in [0.2, 0.25) is 10.0 Å². The van der Waals surface area contributed by atoms with Crippen LogP contribution < -0.4 is 9.62 Å². The molecule has 0 aromatic heterocycles. The number of alkyl halides is 3. The van der Waals surface area contributed by atoms with Crippen LogP contribution in [0, 0.1) is 0 Å². The van der Waals surface area contributed by atoms with Gasteiger partial charge in [-0.05, 0) is 47.9 Å². The molecule has 1 N–H and O–H groups in total. The highest BCUT2D eigenvalue weighted by atomic mass is 35.5. The molecule has 2 amide bonds. The summed E-state index contributed by atoms with van der Waals surface area (Å²) in [6.45, 7) is 1.31. The molecule has 0 bridgehead atoms. The molecular weight excluding hydrogens is 626 g/mol. The number of hydrogen-bond donors (Lipinski definition) is 1. The summed E-state index contributed by atoms with van der Waals surface area (Å²) in [6.07, 6.45) is -2.41. The molecule has 0 spiro atoms. The Morgan fingerprint density at radius 2 is 1.60 bits per heavy atom. The van der Waals surface area contributed by atoms with Crippen LogP contribution in [0.4, 0.5) is 18.9 Å². The first-order valence-corrected chi connectivity index (χ1v) is 16.0. The average Bonchev–Trinajstić information content (AvgIpc) is 2.94. The third kappa shape index (κ3) is 9.87. The lowest BCUT2D eigenvalue weighted by molar-refractivity contribution is -0.140. The predicted octanol–water partition coefficient (Wildman–Crippen LogP) is 6.33. The van der Waals surface area contributed by atoms with E-state index >= 15 is 0 Å². The molecule has 0 heterocycles. The number of halogens is 5. The molecule has 13 heteroatoms. The van der Waals surface area contributed by atoms with Crippen molar-refractivity contribution < 1.29 is 31.2 Å². The molecule has 1 atom stereocenters. The van der Waals surface area contributed by atoms with Crippen LogP contribution in [0.3, 0.4) is 0 Å². The fraction of sp³-hybridized carbons (Fsp3) is 0.333. The largest absolute Gasteiger partial charge is 0.416 e. The Morgan fingerprint density at radius 3 is 2.19 bits per heavy atom. The predicted molar refractivity (Wildman–Crippen MR) is 162 cm³/mol. The maximum atomic E-state index is 14.1. The quantitative estimate of drug-likeness (QED) is 0.218. The van der Waals surface area contributed by atoms with Gasteiger partial charge in [-0.1, -0.05) is 79.0 Å². The maximum absolute atomic E-state index is 14.1. The number of carbonyl (C=O) groups is 2. The number of hydrogen-bond acceptors (Lipinski definition) is 4. The summed E-state index contributed by atoms with van der Waals surface area (Å²) >= 11 is 12.2. The van der Waals surface area contributed by atoms with Crippen molar-refractivity contribution in [2.45, 2.75) is 44.9 Å². The van der Waals surface area contributed by atoms with E-state index in [1.54, 1.807) is 54.6 Å². The molecule has 0 radical (unpaired) electrons. The molecular formula is C30H32Cl2F3N3O4S. The highest BCUT2D eigenvalue weighted by molar-refractivity contribution is 7.92. The summed E-state index contributed by atoms with van der Waals surface area (Å²) in [4.78, 5) is 28.9. The molecule has 3 aromatic carbocycles. The SMILES string of the molecule is CCCCNC(=O)C(Cc1ccccc1)N(Cc1ccc(Cl)cc1)C(=O)CN(c1cc(C(F)(F)F)ccc1Cl)S(C)(=O)=O. The second-order valence-electron chi connectivity index (χ2n) is 9.93. The molecule has 3 rings (SSSR count). The molecule has 3 aromatic rings. The van der Waals surface area contributed by atoms with Crippen molar-refractivity contribution in [3.8, 4) is 0 Å². The van der Waals surface area contributed by atoms with Gasteiger partial charge >= 0.3 is 6.18 Å². The molecule has 7 nitrogen and oxygen atoms in total. The molecule has 232 valence electrons. The lowest BCUT2D eigenvalue weighted by Crippen LogP contribution is -2.53. The van der Waals surface area contributed by atoms with Gasteiger partial charge in [-0.25, -0.2) is 8.42 Å². The van der Waals surface area contributed by atoms with Gasteiger partial charge in [0.25, 0.3) is 0 Å². The van der Waals surface area contributed by atoms with Gasteiger partial charge in [0.1, 0.15) is 12.6 Å². The van der Waals surface area contributed by atoms with Crippen molar-refractivity contribution >= 4 is 50.7 Å². The van der Waals surface area contributed by atoms with Crippen molar-refractivity contribution in [1.29, 1.82) is 0 Å². The van der Waals surface area contributed by atoms with Crippen LogP contribution in [0.1, 0.15) is 36.5 Å². The first kappa shape index (κ1) is 34.2. The second kappa shape index (κ2) is 14.9. The van der Waals surface area contributed by atoms with E-state index in [0.29, 0.717) is 33.9 Å². The second-order valence-corrected chi connectivity index (χ2v) is 12.7. The highest BCUT2D eigenvalue weighted by Gasteiger charge is 2.35. The van der Waals surface area contributed by atoms with Gasteiger partial charge in [0.15, 0.2) is 0 Å². The summed E-state index contributed by atoms with van der Waals surface area (Å²) < 4.78 is 66.8. The number of benzene rings is 3. The molecule has 0 aliphatic carbocycles. The minimum Gasteiger partial charge on any atom is -0.354 e. The minimum absolute atomic E-state index is 0.0985. The standard InChI is InChI=1S/C30H32Cl2F3N3O4S/c1-3-4-16-36-29(40)27(17-21-8-6-5-7-9-21)37(19-22-10-13-24(31)14-11-22)28(39)20-38(43(2,41)42)26-18-23(30(33,34)35)12-15-25(26)32/h5-15,18,27H,3-4,16-17,19-20H2,1-2H3,(H,36,40). The van der Waals surface area contributed by atoms with Crippen molar-refractivity contribution in [1.82, 2.24) is 10.2 Å². The third-order valence-electron chi connectivity index (χ3n) is 6.59. The van der Waals surface area contributed by atoms with Crippen molar-refractivity contribution in [2.24, 2.45) is 0 Å². The van der Waals surface area contributed by atoms with Crippen LogP contribution in [-0.2, 0) is 38.8 Å². The highest BCUT2D eigenvalue weighted by Crippen LogP contribution is 2.36. The zero-order chi connectivity index (χ0) is 31.8. The van der Waals surface area contributed by atoms with E-state index < -0.39 is 51.9 Å². The summed E-state index contributed by atoms with van der Waals surface area (Å²) in [7, 11) is -4.32. The zero-order valence-electron chi connectivity index (χ0n) is 23.6. The topological polar surface area (TPSA) is 86.8 Å². The molecule has 0 aliphatic heterocycles. The van der Waals surface area contributed by atoms with Gasteiger partial charge in [-0.3, -0.25) is 13.9 Å². The number of nitrogens with one attached hydrogen (secondary N) is 1. The first-order chi connectivity index (χ1) is 20.2. The zero-order valence-corrected chi connectivity index (χ0v) is 25.9. The Bertz CT molecular complexity index is 1510. The Morgan fingerprint density at radius 1 is 0.953 bits per heavy atom. The summed E-state index contributed by atoms with van der Waals surface area (Å²) in [5, 5.41) is 3.00. The fourth-order valence-corrected chi connectivity index (χ4v) is 5.57. The van der Waals surface area contributed by atoms with Crippen molar-refractivity contribution in [3.63, 3.8) is 0 Å². The number of nitrogens with zero attached hydrogens (tertiary/aromatic N) is 2. The molecule has 0 saturated heterocycles. The number of carbonyl (C=O) groups excluding carboxylic acids is 2. The molecule has 43 heavy (non-hydrogen) atoms. The van der Waals surface area contributed by atoms with Gasteiger partial charge in [-0.15, -0.1) is 0 Å².